The van der Waals surface area contributed by atoms with E-state index in [-0.39, 0.29) is 5.75 Å². The zero-order chi connectivity index (χ0) is 15.6. The van der Waals surface area contributed by atoms with Gasteiger partial charge in [-0.2, -0.15) is 0 Å². The second kappa shape index (κ2) is 6.36. The first kappa shape index (κ1) is 15.5. The van der Waals surface area contributed by atoms with Crippen LogP contribution in [0.2, 0.25) is 5.02 Å². The SMILES string of the molecule is O=S(=O)(CCCn1cc(C2CNC2)nn1)c1ccc(Cl)cc1. The van der Waals surface area contributed by atoms with Gasteiger partial charge in [0, 0.05) is 36.8 Å². The summed E-state index contributed by atoms with van der Waals surface area (Å²) in [5.41, 5.74) is 0.972. The van der Waals surface area contributed by atoms with E-state index in [0.717, 1.165) is 18.8 Å². The van der Waals surface area contributed by atoms with Crippen molar-refractivity contribution in [2.45, 2.75) is 23.8 Å². The van der Waals surface area contributed by atoms with Crippen molar-refractivity contribution < 1.29 is 8.42 Å². The number of nitrogens with zero attached hydrogens (tertiary/aromatic N) is 3. The molecule has 1 aliphatic rings. The third kappa shape index (κ3) is 3.48. The molecule has 0 spiro atoms. The molecule has 118 valence electrons. The van der Waals surface area contributed by atoms with Crippen molar-refractivity contribution in [3.05, 3.63) is 41.2 Å². The summed E-state index contributed by atoms with van der Waals surface area (Å²) < 4.78 is 26.1. The lowest BCUT2D eigenvalue weighted by molar-refractivity contribution is 0.439. The standard InChI is InChI=1S/C14H17ClN4O2S/c15-12-2-4-13(5-3-12)22(20,21)7-1-6-19-10-14(17-18-19)11-8-16-9-11/h2-5,10-11,16H,1,6-9H2. The van der Waals surface area contributed by atoms with Gasteiger partial charge in [0.1, 0.15) is 0 Å². The van der Waals surface area contributed by atoms with E-state index in [2.05, 4.69) is 15.6 Å². The smallest absolute Gasteiger partial charge is 0.178 e. The van der Waals surface area contributed by atoms with Crippen LogP contribution in [0.5, 0.6) is 0 Å². The Balaban J connectivity index is 1.55. The molecule has 3 rings (SSSR count). The lowest BCUT2D eigenvalue weighted by Gasteiger charge is -2.24. The highest BCUT2D eigenvalue weighted by Crippen LogP contribution is 2.18. The predicted octanol–water partition coefficient (Wildman–Crippen LogP) is 1.48. The Kier molecular flexibility index (Phi) is 4.46. The summed E-state index contributed by atoms with van der Waals surface area (Å²) in [7, 11) is -3.28. The van der Waals surface area contributed by atoms with Crippen LogP contribution in [0.1, 0.15) is 18.0 Å². The van der Waals surface area contributed by atoms with E-state index in [9.17, 15) is 8.42 Å². The number of hydrogen-bond acceptors (Lipinski definition) is 5. The van der Waals surface area contributed by atoms with Crippen molar-refractivity contribution in [3.8, 4) is 0 Å². The zero-order valence-electron chi connectivity index (χ0n) is 11.9. The molecule has 2 aromatic rings. The molecule has 1 N–H and O–H groups in total. The van der Waals surface area contributed by atoms with E-state index in [1.807, 2.05) is 6.20 Å². The molecule has 0 amide bonds. The van der Waals surface area contributed by atoms with Crippen LogP contribution in [0.4, 0.5) is 0 Å². The third-order valence-corrected chi connectivity index (χ3v) is 5.80. The summed E-state index contributed by atoms with van der Waals surface area (Å²) in [4.78, 5) is 0.303. The number of benzene rings is 1. The molecule has 1 saturated heterocycles. The van der Waals surface area contributed by atoms with E-state index in [1.165, 1.54) is 12.1 Å². The summed E-state index contributed by atoms with van der Waals surface area (Å²) in [6.07, 6.45) is 2.40. The topological polar surface area (TPSA) is 76.9 Å². The van der Waals surface area contributed by atoms with Gasteiger partial charge in [-0.15, -0.1) is 5.10 Å². The number of halogens is 1. The quantitative estimate of drug-likeness (QED) is 0.862. The minimum atomic E-state index is -3.28. The Morgan fingerprint density at radius 3 is 2.64 bits per heavy atom. The fourth-order valence-corrected chi connectivity index (χ4v) is 3.71. The first-order valence-electron chi connectivity index (χ1n) is 7.14. The molecule has 1 fully saturated rings. The fraction of sp³-hybridized carbons (Fsp3) is 0.429. The normalized spacial score (nSPS) is 15.7. The molecule has 0 saturated carbocycles. The number of nitrogens with one attached hydrogen (secondary N) is 1. The van der Waals surface area contributed by atoms with Gasteiger partial charge in [-0.3, -0.25) is 4.68 Å². The second-order valence-electron chi connectivity index (χ2n) is 5.39. The summed E-state index contributed by atoms with van der Waals surface area (Å²) in [6.45, 7) is 2.41. The summed E-state index contributed by atoms with van der Waals surface area (Å²) >= 11 is 5.77. The van der Waals surface area contributed by atoms with Gasteiger partial charge < -0.3 is 5.32 Å². The monoisotopic (exact) mass is 340 g/mol. The van der Waals surface area contributed by atoms with E-state index in [0.29, 0.717) is 28.8 Å². The van der Waals surface area contributed by atoms with E-state index < -0.39 is 9.84 Å². The molecule has 1 aliphatic heterocycles. The van der Waals surface area contributed by atoms with Crippen LogP contribution in [0, 0.1) is 0 Å². The van der Waals surface area contributed by atoms with Gasteiger partial charge in [-0.05, 0) is 30.7 Å². The molecule has 22 heavy (non-hydrogen) atoms. The lowest BCUT2D eigenvalue weighted by Crippen LogP contribution is -2.40. The minimum absolute atomic E-state index is 0.0782. The highest BCUT2D eigenvalue weighted by molar-refractivity contribution is 7.91. The average Bonchev–Trinajstić information content (AvgIpc) is 2.85. The Hall–Kier alpha value is -1.44. The van der Waals surface area contributed by atoms with Crippen LogP contribution in [-0.2, 0) is 16.4 Å². The lowest BCUT2D eigenvalue weighted by atomic mass is 10.0. The first-order chi connectivity index (χ1) is 10.5. The predicted molar refractivity (Wildman–Crippen MR) is 83.8 cm³/mol. The van der Waals surface area contributed by atoms with Gasteiger partial charge in [0.15, 0.2) is 9.84 Å². The van der Waals surface area contributed by atoms with Crippen molar-refractivity contribution in [3.63, 3.8) is 0 Å². The van der Waals surface area contributed by atoms with Crippen molar-refractivity contribution in [2.75, 3.05) is 18.8 Å². The Morgan fingerprint density at radius 2 is 2.00 bits per heavy atom. The van der Waals surface area contributed by atoms with Gasteiger partial charge >= 0.3 is 0 Å². The van der Waals surface area contributed by atoms with Gasteiger partial charge in [0.25, 0.3) is 0 Å². The first-order valence-corrected chi connectivity index (χ1v) is 9.17. The molecule has 2 heterocycles. The summed E-state index contributed by atoms with van der Waals surface area (Å²) in [6, 6.07) is 6.25. The second-order valence-corrected chi connectivity index (χ2v) is 7.93. The zero-order valence-corrected chi connectivity index (χ0v) is 13.5. The molecule has 0 bridgehead atoms. The van der Waals surface area contributed by atoms with Crippen LogP contribution in [0.3, 0.4) is 0 Å². The van der Waals surface area contributed by atoms with Crippen LogP contribution in [-0.4, -0.2) is 42.3 Å². The van der Waals surface area contributed by atoms with Gasteiger partial charge in [-0.1, -0.05) is 16.8 Å². The number of aryl methyl sites for hydroxylation is 1. The van der Waals surface area contributed by atoms with Gasteiger partial charge in [-0.25, -0.2) is 8.42 Å². The molecule has 8 heteroatoms. The van der Waals surface area contributed by atoms with Crippen LogP contribution >= 0.6 is 11.6 Å². The number of sulfone groups is 1. The third-order valence-electron chi connectivity index (χ3n) is 3.73. The number of hydrogen-bond donors (Lipinski definition) is 1. The molecule has 1 aromatic carbocycles. The van der Waals surface area contributed by atoms with Crippen molar-refractivity contribution >= 4 is 21.4 Å². The Morgan fingerprint density at radius 1 is 1.27 bits per heavy atom. The maximum absolute atomic E-state index is 12.2. The van der Waals surface area contributed by atoms with Crippen molar-refractivity contribution in [2.24, 2.45) is 0 Å². The van der Waals surface area contributed by atoms with Gasteiger partial charge in [0.05, 0.1) is 16.3 Å². The maximum Gasteiger partial charge on any atom is 0.178 e. The largest absolute Gasteiger partial charge is 0.315 e. The molecular weight excluding hydrogens is 324 g/mol. The van der Waals surface area contributed by atoms with Crippen molar-refractivity contribution in [1.29, 1.82) is 0 Å². The Labute approximate surface area is 134 Å². The molecular formula is C14H17ClN4O2S. The highest BCUT2D eigenvalue weighted by atomic mass is 35.5. The van der Waals surface area contributed by atoms with Crippen LogP contribution in [0.25, 0.3) is 0 Å². The molecule has 0 atom stereocenters. The van der Waals surface area contributed by atoms with Crippen LogP contribution in [0.15, 0.2) is 35.4 Å². The highest BCUT2D eigenvalue weighted by Gasteiger charge is 2.22. The minimum Gasteiger partial charge on any atom is -0.315 e. The van der Waals surface area contributed by atoms with Crippen molar-refractivity contribution in [1.82, 2.24) is 20.3 Å². The summed E-state index contributed by atoms with van der Waals surface area (Å²) in [5, 5.41) is 11.9. The van der Waals surface area contributed by atoms with E-state index in [1.54, 1.807) is 16.8 Å². The van der Waals surface area contributed by atoms with Gasteiger partial charge in [0.2, 0.25) is 0 Å². The molecule has 0 aliphatic carbocycles. The van der Waals surface area contributed by atoms with E-state index in [4.69, 9.17) is 11.6 Å². The Bertz CT molecular complexity index is 738. The number of aromatic nitrogens is 3. The molecule has 0 radical (unpaired) electrons. The maximum atomic E-state index is 12.2. The van der Waals surface area contributed by atoms with Crippen LogP contribution < -0.4 is 5.32 Å². The molecule has 1 aromatic heterocycles. The van der Waals surface area contributed by atoms with E-state index >= 15 is 0 Å². The number of rotatable bonds is 6. The fourth-order valence-electron chi connectivity index (χ4n) is 2.28. The summed E-state index contributed by atoms with van der Waals surface area (Å²) in [5.74, 6) is 0.515. The average molecular weight is 341 g/mol. The molecule has 0 unspecified atom stereocenters. The molecule has 6 nitrogen and oxygen atoms in total.